The van der Waals surface area contributed by atoms with E-state index in [9.17, 15) is 9.59 Å². The second kappa shape index (κ2) is 9.02. The Balaban J connectivity index is 1.79. The van der Waals surface area contributed by atoms with Crippen molar-refractivity contribution >= 4 is 34.2 Å². The molecular formula is C24H31N5O2S. The number of hydrogen-bond acceptors (Lipinski definition) is 5. The second-order valence-electron chi connectivity index (χ2n) is 8.84. The monoisotopic (exact) mass is 453 g/mol. The Labute approximate surface area is 192 Å². The van der Waals surface area contributed by atoms with E-state index in [4.69, 9.17) is 4.98 Å². The average Bonchev–Trinajstić information content (AvgIpc) is 3.40. The number of nitrogens with one attached hydrogen (secondary N) is 2. The third-order valence-electron chi connectivity index (χ3n) is 6.13. The first-order chi connectivity index (χ1) is 15.3. The lowest BCUT2D eigenvalue weighted by molar-refractivity contribution is -0.128. The molecule has 170 valence electrons. The maximum absolute atomic E-state index is 13.7. The van der Waals surface area contributed by atoms with Crippen LogP contribution in [0.2, 0.25) is 0 Å². The van der Waals surface area contributed by atoms with Gasteiger partial charge in [-0.05, 0) is 58.7 Å². The highest BCUT2D eigenvalue weighted by Crippen LogP contribution is 2.32. The van der Waals surface area contributed by atoms with Crippen molar-refractivity contribution in [2.24, 2.45) is 0 Å². The van der Waals surface area contributed by atoms with E-state index in [1.807, 2.05) is 37.6 Å². The molecule has 1 aliphatic carbocycles. The average molecular weight is 454 g/mol. The number of thiophene rings is 1. The topological polar surface area (TPSA) is 88.9 Å². The zero-order chi connectivity index (χ0) is 22.9. The molecule has 3 heterocycles. The number of nitrogens with zero attached hydrogens (tertiary/aromatic N) is 3. The number of fused-ring (bicyclic) bond motifs is 1. The summed E-state index contributed by atoms with van der Waals surface area (Å²) in [6.07, 6.45) is 5.95. The number of carbonyl (C=O) groups is 2. The zero-order valence-electron chi connectivity index (χ0n) is 19.2. The summed E-state index contributed by atoms with van der Waals surface area (Å²) < 4.78 is 1.84. The van der Waals surface area contributed by atoms with E-state index in [0.29, 0.717) is 36.0 Å². The number of hydrogen-bond donors (Lipinski definition) is 2. The molecule has 0 radical (unpaired) electrons. The molecule has 32 heavy (non-hydrogen) atoms. The van der Waals surface area contributed by atoms with Crippen LogP contribution >= 0.6 is 11.3 Å². The van der Waals surface area contributed by atoms with Crippen LogP contribution < -0.4 is 10.6 Å². The van der Waals surface area contributed by atoms with Crippen LogP contribution in [0.5, 0.6) is 0 Å². The second-order valence-corrected chi connectivity index (χ2v) is 10.1. The first-order valence-electron chi connectivity index (χ1n) is 11.4. The fraction of sp³-hybridized carbons (Fsp3) is 0.500. The predicted octanol–water partition coefficient (Wildman–Crippen LogP) is 4.62. The van der Waals surface area contributed by atoms with Crippen LogP contribution in [0, 0.1) is 6.92 Å². The van der Waals surface area contributed by atoms with Gasteiger partial charge in [0, 0.05) is 17.5 Å². The Morgan fingerprint density at radius 2 is 1.97 bits per heavy atom. The van der Waals surface area contributed by atoms with Crippen LogP contribution in [0.25, 0.3) is 21.6 Å². The summed E-state index contributed by atoms with van der Waals surface area (Å²) in [4.78, 5) is 33.7. The Kier molecular flexibility index (Phi) is 6.33. The van der Waals surface area contributed by atoms with E-state index in [1.54, 1.807) is 17.5 Å². The minimum Gasteiger partial charge on any atom is -0.354 e. The molecule has 2 amide bonds. The maximum atomic E-state index is 13.7. The molecule has 0 aromatic carbocycles. The third kappa shape index (κ3) is 4.16. The summed E-state index contributed by atoms with van der Waals surface area (Å²) in [6.45, 7) is 8.58. The molecule has 0 spiro atoms. The number of pyridine rings is 1. The molecule has 7 nitrogen and oxygen atoms in total. The van der Waals surface area contributed by atoms with Crippen molar-refractivity contribution in [2.45, 2.75) is 71.4 Å². The molecule has 0 saturated heterocycles. The molecule has 2 N–H and O–H groups in total. The lowest BCUT2D eigenvalue weighted by Gasteiger charge is -2.36. The van der Waals surface area contributed by atoms with Crippen molar-refractivity contribution in [3.8, 4) is 10.6 Å². The number of carbonyl (C=O) groups excluding carboxylic acids is 2. The van der Waals surface area contributed by atoms with Gasteiger partial charge in [0.15, 0.2) is 5.65 Å². The molecule has 1 saturated carbocycles. The van der Waals surface area contributed by atoms with Gasteiger partial charge in [-0.1, -0.05) is 19.3 Å². The molecule has 1 fully saturated rings. The van der Waals surface area contributed by atoms with Gasteiger partial charge < -0.3 is 10.6 Å². The summed E-state index contributed by atoms with van der Waals surface area (Å²) in [5, 5.41) is 11.3. The molecule has 0 bridgehead atoms. The standard InChI is InChI=1S/C24H31N5O2S/c1-5-25-23(31)24(11-7-6-8-12-24)28-22(30)17-13-19(20-10-9-16(4)32-20)27-21-18(17)14-26-29(21)15(2)3/h9-10,13-15H,5-8,11-12H2,1-4H3,(H,25,31)(H,28,30). The highest BCUT2D eigenvalue weighted by Gasteiger charge is 2.41. The van der Waals surface area contributed by atoms with Crippen molar-refractivity contribution < 1.29 is 9.59 Å². The molecule has 3 aromatic rings. The van der Waals surface area contributed by atoms with Gasteiger partial charge in [0.1, 0.15) is 5.54 Å². The smallest absolute Gasteiger partial charge is 0.253 e. The van der Waals surface area contributed by atoms with E-state index in [1.165, 1.54) is 4.88 Å². The van der Waals surface area contributed by atoms with Crippen molar-refractivity contribution in [1.82, 2.24) is 25.4 Å². The van der Waals surface area contributed by atoms with Crippen molar-refractivity contribution in [2.75, 3.05) is 6.54 Å². The van der Waals surface area contributed by atoms with Crippen LogP contribution in [0.3, 0.4) is 0 Å². The third-order valence-corrected chi connectivity index (χ3v) is 7.15. The van der Waals surface area contributed by atoms with E-state index in [0.717, 1.165) is 29.8 Å². The molecule has 3 aromatic heterocycles. The van der Waals surface area contributed by atoms with Crippen LogP contribution in [0.15, 0.2) is 24.4 Å². The number of rotatable bonds is 6. The fourth-order valence-corrected chi connectivity index (χ4v) is 5.29. The molecular weight excluding hydrogens is 422 g/mol. The first kappa shape index (κ1) is 22.5. The van der Waals surface area contributed by atoms with E-state index in [-0.39, 0.29) is 17.9 Å². The first-order valence-corrected chi connectivity index (χ1v) is 12.2. The van der Waals surface area contributed by atoms with E-state index < -0.39 is 5.54 Å². The van der Waals surface area contributed by atoms with Gasteiger partial charge in [0.25, 0.3) is 5.91 Å². The van der Waals surface area contributed by atoms with Gasteiger partial charge in [-0.25, -0.2) is 9.67 Å². The normalized spacial score (nSPS) is 15.8. The molecule has 8 heteroatoms. The minimum absolute atomic E-state index is 0.0923. The van der Waals surface area contributed by atoms with Crippen LogP contribution in [-0.2, 0) is 4.79 Å². The largest absolute Gasteiger partial charge is 0.354 e. The summed E-state index contributed by atoms with van der Waals surface area (Å²) in [5.41, 5.74) is 1.08. The van der Waals surface area contributed by atoms with Gasteiger partial charge in [0.05, 0.1) is 27.7 Å². The van der Waals surface area contributed by atoms with Gasteiger partial charge >= 0.3 is 0 Å². The van der Waals surface area contributed by atoms with Gasteiger partial charge in [-0.15, -0.1) is 11.3 Å². The summed E-state index contributed by atoms with van der Waals surface area (Å²) in [5.74, 6) is -0.339. The number of amides is 2. The lowest BCUT2D eigenvalue weighted by Crippen LogP contribution is -2.59. The number of likely N-dealkylation sites (N-methyl/N-ethyl adjacent to an activating group) is 1. The van der Waals surface area contributed by atoms with Gasteiger partial charge in [0.2, 0.25) is 5.91 Å². The fourth-order valence-electron chi connectivity index (χ4n) is 4.46. The van der Waals surface area contributed by atoms with Crippen molar-refractivity contribution in [3.05, 3.63) is 34.8 Å². The Morgan fingerprint density at radius 3 is 2.59 bits per heavy atom. The molecule has 4 rings (SSSR count). The van der Waals surface area contributed by atoms with Gasteiger partial charge in [-0.3, -0.25) is 9.59 Å². The Morgan fingerprint density at radius 1 is 1.22 bits per heavy atom. The summed E-state index contributed by atoms with van der Waals surface area (Å²) in [6, 6.07) is 6.03. The Hall–Kier alpha value is -2.74. The highest BCUT2D eigenvalue weighted by atomic mass is 32.1. The molecule has 0 aliphatic heterocycles. The Bertz CT molecular complexity index is 1140. The molecule has 0 unspecified atom stereocenters. The number of aromatic nitrogens is 3. The van der Waals surface area contributed by atoms with Crippen LogP contribution in [-0.4, -0.2) is 38.7 Å². The van der Waals surface area contributed by atoms with Crippen molar-refractivity contribution in [1.29, 1.82) is 0 Å². The van der Waals surface area contributed by atoms with E-state index in [2.05, 4.69) is 28.7 Å². The highest BCUT2D eigenvalue weighted by molar-refractivity contribution is 7.15. The molecule has 1 aliphatic rings. The summed E-state index contributed by atoms with van der Waals surface area (Å²) >= 11 is 1.65. The predicted molar refractivity (Wildman–Crippen MR) is 128 cm³/mol. The number of aryl methyl sites for hydroxylation is 1. The minimum atomic E-state index is -0.866. The van der Waals surface area contributed by atoms with Gasteiger partial charge in [-0.2, -0.15) is 5.10 Å². The lowest BCUT2D eigenvalue weighted by atomic mass is 9.80. The van der Waals surface area contributed by atoms with Crippen molar-refractivity contribution in [3.63, 3.8) is 0 Å². The quantitative estimate of drug-likeness (QED) is 0.570. The molecule has 0 atom stereocenters. The SMILES string of the molecule is CCNC(=O)C1(NC(=O)c2cc(-c3ccc(C)s3)nc3c2cnn3C(C)C)CCCCC1. The maximum Gasteiger partial charge on any atom is 0.253 e. The van der Waals surface area contributed by atoms with Crippen LogP contribution in [0.4, 0.5) is 0 Å². The van der Waals surface area contributed by atoms with E-state index >= 15 is 0 Å². The summed E-state index contributed by atoms with van der Waals surface area (Å²) in [7, 11) is 0. The van der Waals surface area contributed by atoms with Crippen LogP contribution in [0.1, 0.15) is 74.2 Å². The zero-order valence-corrected chi connectivity index (χ0v) is 20.0.